The molecule has 1 amide bonds. The molecule has 8 nitrogen and oxygen atoms in total. The summed E-state index contributed by atoms with van der Waals surface area (Å²) in [6.07, 6.45) is -2.53. The van der Waals surface area contributed by atoms with Crippen molar-refractivity contribution in [1.29, 1.82) is 5.26 Å². The Morgan fingerprint density at radius 3 is 2.40 bits per heavy atom. The molecule has 1 aliphatic heterocycles. The highest BCUT2D eigenvalue weighted by Gasteiger charge is 2.35. The van der Waals surface area contributed by atoms with Crippen molar-refractivity contribution in [2.75, 3.05) is 26.9 Å². The van der Waals surface area contributed by atoms with Crippen LogP contribution in [0.25, 0.3) is 17.2 Å². The highest BCUT2D eigenvalue weighted by atomic mass is 32.2. The molecule has 0 aliphatic carbocycles. The molecule has 1 saturated heterocycles. The number of alkyl halides is 3. The van der Waals surface area contributed by atoms with E-state index >= 15 is 0 Å². The van der Waals surface area contributed by atoms with Crippen molar-refractivity contribution < 1.29 is 32.2 Å². The van der Waals surface area contributed by atoms with Crippen molar-refractivity contribution in [3.05, 3.63) is 106 Å². The van der Waals surface area contributed by atoms with E-state index in [-0.39, 0.29) is 38.6 Å². The summed E-state index contributed by atoms with van der Waals surface area (Å²) in [7, 11) is 1.48. The lowest BCUT2D eigenvalue weighted by atomic mass is 10.0. The first-order chi connectivity index (χ1) is 24.1. The van der Waals surface area contributed by atoms with Crippen LogP contribution in [0.2, 0.25) is 0 Å². The fraction of sp³-hybridized carbons (Fsp3) is 0.243. The number of halogens is 3. The maximum absolute atomic E-state index is 13.9. The summed E-state index contributed by atoms with van der Waals surface area (Å²) in [4.78, 5) is 18.7. The maximum Gasteiger partial charge on any atom is 0.433 e. The number of nitrogens with one attached hydrogen (secondary N) is 1. The topological polar surface area (TPSA) is 96.7 Å². The second-order valence-corrected chi connectivity index (χ2v) is 12.3. The number of pyridine rings is 1. The number of benzene rings is 3. The number of hydrogen-bond acceptors (Lipinski definition) is 8. The predicted octanol–water partition coefficient (Wildman–Crippen LogP) is 8.04. The number of amides is 1. The predicted molar refractivity (Wildman–Crippen MR) is 190 cm³/mol. The molecule has 0 atom stereocenters. The third kappa shape index (κ3) is 8.38. The Kier molecular flexibility index (Phi) is 11.7. The monoisotopic (exact) mass is 718 g/mol. The Balaban J connectivity index is 1.36. The minimum atomic E-state index is -4.72. The molecule has 0 unspecified atom stereocenters. The van der Waals surface area contributed by atoms with Crippen molar-refractivity contribution in [3.63, 3.8) is 0 Å². The standard InChI is InChI=1S/C37H33F3N4O4S2/c1-4-47-31-14-11-23(19-32(31)48-5-2)15-16-44-35(45)29(42-36(44)49)18-24-12-13-30(46-3)26(17-24)22-50-34-28(21-41)27(25-9-7-6-8-10-25)20-33(43-34)37(38,39)40/h6-14,17-20H,4-5,15-16,22H2,1-3H3,(H,42,49)/b29-18+. The average Bonchev–Trinajstić information content (AvgIpc) is 3.37. The van der Waals surface area contributed by atoms with Crippen molar-refractivity contribution in [1.82, 2.24) is 15.2 Å². The Hall–Kier alpha value is -5.06. The van der Waals surface area contributed by atoms with E-state index in [1.165, 1.54) is 12.0 Å². The van der Waals surface area contributed by atoms with Gasteiger partial charge in [-0.3, -0.25) is 9.69 Å². The van der Waals surface area contributed by atoms with Gasteiger partial charge in [-0.1, -0.05) is 42.5 Å². The zero-order chi connectivity index (χ0) is 35.8. The molecular weight excluding hydrogens is 686 g/mol. The SMILES string of the molecule is CCOc1ccc(CCN2C(=O)/C(=C\c3ccc(OC)c(CSc4nc(C(F)(F)F)cc(-c5ccccc5)c4C#N)c3)NC2=S)cc1OCC. The first kappa shape index (κ1) is 36.2. The number of nitriles is 1. The van der Waals surface area contributed by atoms with Gasteiger partial charge in [0.05, 0.1) is 25.9 Å². The third-order valence-electron chi connectivity index (χ3n) is 7.65. The normalized spacial score (nSPS) is 13.7. The zero-order valence-electron chi connectivity index (χ0n) is 27.5. The lowest BCUT2D eigenvalue weighted by molar-refractivity contribution is -0.141. The molecule has 0 radical (unpaired) electrons. The number of rotatable bonds is 13. The van der Waals surface area contributed by atoms with E-state index in [2.05, 4.69) is 10.3 Å². The largest absolute Gasteiger partial charge is 0.496 e. The van der Waals surface area contributed by atoms with Crippen LogP contribution in [-0.2, 0) is 23.1 Å². The molecule has 3 aromatic carbocycles. The molecule has 1 fully saturated rings. The first-order valence-electron chi connectivity index (χ1n) is 15.7. The maximum atomic E-state index is 13.9. The summed E-state index contributed by atoms with van der Waals surface area (Å²) in [6, 6.07) is 22.3. The van der Waals surface area contributed by atoms with E-state index in [1.807, 2.05) is 38.1 Å². The fourth-order valence-electron chi connectivity index (χ4n) is 5.31. The van der Waals surface area contributed by atoms with Crippen LogP contribution < -0.4 is 19.5 Å². The van der Waals surface area contributed by atoms with Crippen molar-refractivity contribution in [2.45, 2.75) is 37.2 Å². The van der Waals surface area contributed by atoms with Gasteiger partial charge in [-0.2, -0.15) is 18.4 Å². The van der Waals surface area contributed by atoms with Gasteiger partial charge in [0.15, 0.2) is 16.6 Å². The summed E-state index contributed by atoms with van der Waals surface area (Å²) in [5, 5.41) is 13.2. The second-order valence-electron chi connectivity index (χ2n) is 10.9. The van der Waals surface area contributed by atoms with Crippen LogP contribution in [0.4, 0.5) is 13.2 Å². The molecular formula is C37H33F3N4O4S2. The van der Waals surface area contributed by atoms with Crippen LogP contribution in [0.5, 0.6) is 17.2 Å². The molecule has 13 heteroatoms. The van der Waals surface area contributed by atoms with Crippen LogP contribution in [-0.4, -0.2) is 47.8 Å². The lowest BCUT2D eigenvalue weighted by Crippen LogP contribution is -2.32. The van der Waals surface area contributed by atoms with E-state index in [1.54, 1.807) is 54.6 Å². The number of carbonyl (C=O) groups excluding carboxylic acids is 1. The quantitative estimate of drug-likeness (QED) is 0.0837. The molecule has 2 heterocycles. The molecule has 5 rings (SSSR count). The highest BCUT2D eigenvalue weighted by Crippen LogP contribution is 2.38. The van der Waals surface area contributed by atoms with E-state index < -0.39 is 11.9 Å². The van der Waals surface area contributed by atoms with Gasteiger partial charge in [-0.15, -0.1) is 11.8 Å². The molecule has 0 spiro atoms. The summed E-state index contributed by atoms with van der Waals surface area (Å²) in [5.74, 6) is 1.62. The number of nitrogens with zero attached hydrogens (tertiary/aromatic N) is 3. The van der Waals surface area contributed by atoms with Gasteiger partial charge in [0.25, 0.3) is 5.91 Å². The minimum Gasteiger partial charge on any atom is -0.496 e. The summed E-state index contributed by atoms with van der Waals surface area (Å²) >= 11 is 6.48. The number of aromatic nitrogens is 1. The van der Waals surface area contributed by atoms with Crippen LogP contribution >= 0.6 is 24.0 Å². The van der Waals surface area contributed by atoms with E-state index in [0.29, 0.717) is 60.1 Å². The lowest BCUT2D eigenvalue weighted by Gasteiger charge is -2.16. The van der Waals surface area contributed by atoms with Crippen molar-refractivity contribution >= 4 is 41.1 Å². The van der Waals surface area contributed by atoms with E-state index in [9.17, 15) is 23.2 Å². The van der Waals surface area contributed by atoms with Gasteiger partial charge in [-0.25, -0.2) is 4.98 Å². The molecule has 1 aliphatic rings. The summed E-state index contributed by atoms with van der Waals surface area (Å²) in [5.41, 5.74) is 2.06. The number of thioether (sulfide) groups is 1. The molecule has 0 saturated carbocycles. The van der Waals surface area contributed by atoms with Crippen molar-refractivity contribution in [3.8, 4) is 34.4 Å². The second kappa shape index (κ2) is 16.1. The molecule has 1 N–H and O–H groups in total. The number of hydrogen-bond donors (Lipinski definition) is 1. The third-order valence-corrected chi connectivity index (χ3v) is 8.99. The molecule has 4 aromatic rings. The highest BCUT2D eigenvalue weighted by molar-refractivity contribution is 7.98. The molecule has 258 valence electrons. The Bertz CT molecular complexity index is 1960. The van der Waals surface area contributed by atoms with Crippen LogP contribution in [0.15, 0.2) is 83.5 Å². The molecule has 50 heavy (non-hydrogen) atoms. The summed E-state index contributed by atoms with van der Waals surface area (Å²) < 4.78 is 58.6. The smallest absolute Gasteiger partial charge is 0.433 e. The van der Waals surface area contributed by atoms with Crippen LogP contribution in [0.3, 0.4) is 0 Å². The van der Waals surface area contributed by atoms with Gasteiger partial charge in [-0.05, 0) is 85.6 Å². The van der Waals surface area contributed by atoms with Gasteiger partial charge >= 0.3 is 6.18 Å². The molecule has 0 bridgehead atoms. The van der Waals surface area contributed by atoms with Crippen LogP contribution in [0.1, 0.15) is 41.8 Å². The number of thiocarbonyl (C=S) groups is 1. The Morgan fingerprint density at radius 1 is 1.00 bits per heavy atom. The van der Waals surface area contributed by atoms with Gasteiger partial charge in [0, 0.05) is 23.4 Å². The van der Waals surface area contributed by atoms with Crippen molar-refractivity contribution in [2.24, 2.45) is 0 Å². The average molecular weight is 719 g/mol. The number of carbonyl (C=O) groups is 1. The Labute approximate surface area is 297 Å². The van der Waals surface area contributed by atoms with Gasteiger partial charge in [0.1, 0.15) is 28.2 Å². The van der Waals surface area contributed by atoms with Gasteiger partial charge < -0.3 is 19.5 Å². The van der Waals surface area contributed by atoms with E-state index in [4.69, 9.17) is 26.4 Å². The Morgan fingerprint density at radius 2 is 1.72 bits per heavy atom. The zero-order valence-corrected chi connectivity index (χ0v) is 29.1. The summed E-state index contributed by atoms with van der Waals surface area (Å²) in [6.45, 7) is 5.13. The fourth-order valence-corrected chi connectivity index (χ4v) is 6.57. The number of methoxy groups -OCH3 is 1. The molecule has 1 aromatic heterocycles. The minimum absolute atomic E-state index is 0.0418. The van der Waals surface area contributed by atoms with E-state index in [0.717, 1.165) is 23.4 Å². The van der Waals surface area contributed by atoms with Gasteiger partial charge in [0.2, 0.25) is 0 Å². The number of ether oxygens (including phenoxy) is 3. The first-order valence-corrected chi connectivity index (χ1v) is 17.1. The van der Waals surface area contributed by atoms with Crippen LogP contribution in [0, 0.1) is 11.3 Å².